The van der Waals surface area contributed by atoms with Gasteiger partial charge in [-0.2, -0.15) is 5.10 Å². The second kappa shape index (κ2) is 6.02. The van der Waals surface area contributed by atoms with Gasteiger partial charge in [0, 0.05) is 26.8 Å². The van der Waals surface area contributed by atoms with Gasteiger partial charge >= 0.3 is 0 Å². The fourth-order valence-corrected chi connectivity index (χ4v) is 1.20. The summed E-state index contributed by atoms with van der Waals surface area (Å²) >= 11 is 0. The number of likely N-dealkylation sites (N-methyl/N-ethyl adjacent to an activating group) is 1. The van der Waals surface area contributed by atoms with E-state index in [9.17, 15) is 9.59 Å². The quantitative estimate of drug-likeness (QED) is 0.612. The van der Waals surface area contributed by atoms with Crippen molar-refractivity contribution in [3.05, 3.63) is 22.6 Å². The van der Waals surface area contributed by atoms with E-state index >= 15 is 0 Å². The Balaban J connectivity index is 2.79. The lowest BCUT2D eigenvalue weighted by Gasteiger charge is -2.18. The molecule has 0 saturated heterocycles. The number of aldehydes is 1. The molecule has 0 N–H and O–H groups in total. The van der Waals surface area contributed by atoms with E-state index in [4.69, 9.17) is 4.74 Å². The molecule has 0 aliphatic rings. The topological polar surface area (TPSA) is 64.4 Å². The van der Waals surface area contributed by atoms with Gasteiger partial charge in [-0.1, -0.05) is 0 Å². The summed E-state index contributed by atoms with van der Waals surface area (Å²) in [6, 6.07) is 1.45. The van der Waals surface area contributed by atoms with Crippen LogP contribution < -0.4 is 10.5 Å². The molecule has 0 aromatic carbocycles. The minimum atomic E-state index is -0.283. The van der Waals surface area contributed by atoms with Crippen molar-refractivity contribution in [1.29, 1.82) is 0 Å². The zero-order chi connectivity index (χ0) is 12.0. The number of ether oxygens (including phenoxy) is 1. The van der Waals surface area contributed by atoms with Crippen LogP contribution in [0.1, 0.15) is 0 Å². The molecule has 0 amide bonds. The average molecular weight is 225 g/mol. The van der Waals surface area contributed by atoms with Gasteiger partial charge in [0.05, 0.1) is 18.5 Å². The van der Waals surface area contributed by atoms with Crippen molar-refractivity contribution in [3.8, 4) is 0 Å². The molecular weight excluding hydrogens is 210 g/mol. The molecule has 0 aliphatic heterocycles. The highest BCUT2D eigenvalue weighted by Gasteiger charge is 2.03. The summed E-state index contributed by atoms with van der Waals surface area (Å²) in [5, 5.41) is 3.89. The van der Waals surface area contributed by atoms with E-state index in [1.165, 1.54) is 6.07 Å². The number of hydrogen-bond acceptors (Lipinski definition) is 5. The smallest absolute Gasteiger partial charge is 0.269 e. The number of hydrogen-bond donors (Lipinski definition) is 0. The Morgan fingerprint density at radius 2 is 2.38 bits per heavy atom. The van der Waals surface area contributed by atoms with Gasteiger partial charge in [-0.05, 0) is 0 Å². The number of carbonyl (C=O) groups is 1. The van der Waals surface area contributed by atoms with Crippen LogP contribution in [-0.4, -0.2) is 43.4 Å². The molecule has 6 heteroatoms. The largest absolute Gasteiger partial charge is 0.383 e. The van der Waals surface area contributed by atoms with Gasteiger partial charge in [0.15, 0.2) is 0 Å². The highest BCUT2D eigenvalue weighted by Crippen LogP contribution is 2.05. The van der Waals surface area contributed by atoms with Crippen LogP contribution in [0.2, 0.25) is 0 Å². The first-order chi connectivity index (χ1) is 7.69. The Hall–Kier alpha value is -1.69. The standard InChI is InChI=1S/C10H15N3O3/c1-12(4-6-16-2)9-7-10(15)13(3-5-14)11-8-9/h5,7-8H,3-4,6H2,1-2H3. The maximum absolute atomic E-state index is 11.5. The van der Waals surface area contributed by atoms with E-state index in [0.717, 1.165) is 4.68 Å². The number of rotatable bonds is 6. The molecule has 16 heavy (non-hydrogen) atoms. The summed E-state index contributed by atoms with van der Waals surface area (Å²) in [5.41, 5.74) is 0.429. The van der Waals surface area contributed by atoms with Gasteiger partial charge in [0.2, 0.25) is 0 Å². The Kier molecular flexibility index (Phi) is 4.65. The molecule has 6 nitrogen and oxygen atoms in total. The van der Waals surface area contributed by atoms with Crippen molar-refractivity contribution in [1.82, 2.24) is 9.78 Å². The maximum atomic E-state index is 11.5. The number of nitrogens with zero attached hydrogens (tertiary/aromatic N) is 3. The Bertz CT molecular complexity index is 403. The summed E-state index contributed by atoms with van der Waals surface area (Å²) < 4.78 is 6.05. The summed E-state index contributed by atoms with van der Waals surface area (Å²) in [7, 11) is 3.47. The molecule has 0 saturated carbocycles. The van der Waals surface area contributed by atoms with Crippen LogP contribution in [-0.2, 0) is 16.1 Å². The van der Waals surface area contributed by atoms with Gasteiger partial charge in [-0.3, -0.25) is 4.79 Å². The minimum absolute atomic E-state index is 0.0130. The molecular formula is C10H15N3O3. The molecule has 0 fully saturated rings. The second-order valence-corrected chi connectivity index (χ2v) is 3.32. The molecule has 0 aliphatic carbocycles. The van der Waals surface area contributed by atoms with E-state index in [1.54, 1.807) is 13.3 Å². The first-order valence-corrected chi connectivity index (χ1v) is 4.90. The lowest BCUT2D eigenvalue weighted by Crippen LogP contribution is -2.27. The van der Waals surface area contributed by atoms with Crippen molar-refractivity contribution >= 4 is 12.0 Å². The summed E-state index contributed by atoms with van der Waals surface area (Å²) in [6.07, 6.45) is 2.20. The fraction of sp³-hybridized carbons (Fsp3) is 0.500. The third-order valence-corrected chi connectivity index (χ3v) is 2.17. The highest BCUT2D eigenvalue weighted by molar-refractivity contribution is 5.49. The SMILES string of the molecule is COCCN(C)c1cnn(CC=O)c(=O)c1. The molecule has 0 unspecified atom stereocenters. The molecule has 1 rings (SSSR count). The van der Waals surface area contributed by atoms with Crippen molar-refractivity contribution in [2.75, 3.05) is 32.2 Å². The van der Waals surface area contributed by atoms with E-state index in [-0.39, 0.29) is 12.1 Å². The normalized spacial score (nSPS) is 10.1. The summed E-state index contributed by atoms with van der Waals surface area (Å²) in [6.45, 7) is 1.24. The third kappa shape index (κ3) is 3.16. The van der Waals surface area contributed by atoms with Gasteiger partial charge < -0.3 is 14.4 Å². The van der Waals surface area contributed by atoms with Crippen LogP contribution in [0.4, 0.5) is 5.69 Å². The van der Waals surface area contributed by atoms with Crippen molar-refractivity contribution < 1.29 is 9.53 Å². The number of aromatic nitrogens is 2. The van der Waals surface area contributed by atoms with Crippen molar-refractivity contribution in [2.24, 2.45) is 0 Å². The predicted molar refractivity (Wildman–Crippen MR) is 59.7 cm³/mol. The average Bonchev–Trinajstić information content (AvgIpc) is 2.29. The lowest BCUT2D eigenvalue weighted by molar-refractivity contribution is -0.108. The molecule has 1 heterocycles. The van der Waals surface area contributed by atoms with Gasteiger partial charge in [0.1, 0.15) is 12.8 Å². The molecule has 0 radical (unpaired) electrons. The van der Waals surface area contributed by atoms with E-state index in [2.05, 4.69) is 5.10 Å². The Morgan fingerprint density at radius 3 is 2.94 bits per heavy atom. The Morgan fingerprint density at radius 1 is 1.62 bits per heavy atom. The first-order valence-electron chi connectivity index (χ1n) is 4.90. The first kappa shape index (κ1) is 12.4. The van der Waals surface area contributed by atoms with Crippen LogP contribution >= 0.6 is 0 Å². The van der Waals surface area contributed by atoms with Crippen LogP contribution in [0.3, 0.4) is 0 Å². The van der Waals surface area contributed by atoms with Crippen LogP contribution in [0.15, 0.2) is 17.1 Å². The van der Waals surface area contributed by atoms with Crippen LogP contribution in [0, 0.1) is 0 Å². The van der Waals surface area contributed by atoms with Crippen molar-refractivity contribution in [2.45, 2.75) is 6.54 Å². The third-order valence-electron chi connectivity index (χ3n) is 2.17. The van der Waals surface area contributed by atoms with Crippen molar-refractivity contribution in [3.63, 3.8) is 0 Å². The molecule has 0 bridgehead atoms. The predicted octanol–water partition coefficient (Wildman–Crippen LogP) is -0.475. The number of anilines is 1. The van der Waals surface area contributed by atoms with Crippen LogP contribution in [0.5, 0.6) is 0 Å². The zero-order valence-electron chi connectivity index (χ0n) is 9.42. The summed E-state index contributed by atoms with van der Waals surface area (Å²) in [5.74, 6) is 0. The molecule has 0 spiro atoms. The van der Waals surface area contributed by atoms with E-state index in [1.807, 2.05) is 11.9 Å². The second-order valence-electron chi connectivity index (χ2n) is 3.32. The van der Waals surface area contributed by atoms with Gasteiger partial charge in [-0.15, -0.1) is 0 Å². The highest BCUT2D eigenvalue weighted by atomic mass is 16.5. The lowest BCUT2D eigenvalue weighted by atomic mass is 10.4. The zero-order valence-corrected chi connectivity index (χ0v) is 9.42. The van der Waals surface area contributed by atoms with Gasteiger partial charge in [0.25, 0.3) is 5.56 Å². The van der Waals surface area contributed by atoms with E-state index < -0.39 is 0 Å². The fourth-order valence-electron chi connectivity index (χ4n) is 1.20. The van der Waals surface area contributed by atoms with E-state index in [0.29, 0.717) is 25.1 Å². The number of carbonyl (C=O) groups excluding carboxylic acids is 1. The molecule has 0 atom stereocenters. The monoisotopic (exact) mass is 225 g/mol. The molecule has 88 valence electrons. The summed E-state index contributed by atoms with van der Waals surface area (Å²) in [4.78, 5) is 23.6. The number of methoxy groups -OCH3 is 1. The molecule has 1 aromatic heterocycles. The van der Waals surface area contributed by atoms with Crippen LogP contribution in [0.25, 0.3) is 0 Å². The Labute approximate surface area is 93.4 Å². The van der Waals surface area contributed by atoms with Gasteiger partial charge in [-0.25, -0.2) is 4.68 Å². The molecule has 1 aromatic rings. The maximum Gasteiger partial charge on any atom is 0.269 e. The minimum Gasteiger partial charge on any atom is -0.383 e.